The van der Waals surface area contributed by atoms with E-state index in [1.165, 1.54) is 18.9 Å². The molecule has 2 aliphatic heterocycles. The van der Waals surface area contributed by atoms with Crippen LogP contribution in [0.1, 0.15) is 18.9 Å². The molecule has 3 fully saturated rings. The predicted molar refractivity (Wildman–Crippen MR) is 96.4 cm³/mol. The fraction of sp³-hybridized carbons (Fsp3) is 0.526. The lowest BCUT2D eigenvalue weighted by atomic mass is 9.93. The van der Waals surface area contributed by atoms with Crippen LogP contribution < -0.4 is 10.2 Å². The van der Waals surface area contributed by atoms with Crippen molar-refractivity contribution in [3.63, 3.8) is 0 Å². The molecule has 1 aromatic rings. The van der Waals surface area contributed by atoms with Gasteiger partial charge in [0.25, 0.3) is 0 Å². The maximum atomic E-state index is 15.0. The fourth-order valence-electron chi connectivity index (χ4n) is 4.43. The highest BCUT2D eigenvalue weighted by Gasteiger charge is 2.64. The van der Waals surface area contributed by atoms with E-state index in [0.29, 0.717) is 13.0 Å². The summed E-state index contributed by atoms with van der Waals surface area (Å²) in [6.45, 7) is 2.13. The minimum absolute atomic E-state index is 0.0183. The van der Waals surface area contributed by atoms with Gasteiger partial charge in [-0.3, -0.25) is 9.69 Å². The highest BCUT2D eigenvalue weighted by molar-refractivity contribution is 5.90. The molecule has 4 rings (SSSR count). The Morgan fingerprint density at radius 3 is 2.62 bits per heavy atom. The van der Waals surface area contributed by atoms with Crippen LogP contribution in [0.15, 0.2) is 12.1 Å². The van der Waals surface area contributed by atoms with Crippen LogP contribution >= 0.6 is 0 Å². The summed E-state index contributed by atoms with van der Waals surface area (Å²) in [5.41, 5.74) is -0.754. The first-order valence-corrected chi connectivity index (χ1v) is 9.30. The van der Waals surface area contributed by atoms with Gasteiger partial charge in [-0.25, -0.2) is 18.4 Å². The Morgan fingerprint density at radius 2 is 2.00 bits per heavy atom. The molecule has 2 saturated heterocycles. The van der Waals surface area contributed by atoms with Crippen LogP contribution in [0, 0.1) is 17.6 Å². The zero-order valence-electron chi connectivity index (χ0n) is 16.0. The van der Waals surface area contributed by atoms with Crippen molar-refractivity contribution >= 4 is 23.8 Å². The number of likely N-dealkylation sites (tertiary alicyclic amines) is 1. The number of amides is 3. The standard InChI is InChI=1S/C19H21F2N3O5/c1-10(25)22-6-13-8-24(18(27)29-13)12-3-14(20)16(15(21)4-12)19-5-11(19)7-23(9-19)17(26)28-2/h3-4,11,13H,5-9H2,1-2H3,(H,22,25)/t11?,13-,19?/m0/s1. The third kappa shape index (κ3) is 3.26. The number of halogens is 2. The first-order valence-electron chi connectivity index (χ1n) is 9.30. The summed E-state index contributed by atoms with van der Waals surface area (Å²) in [7, 11) is 1.27. The van der Waals surface area contributed by atoms with Gasteiger partial charge in [0.1, 0.15) is 17.7 Å². The van der Waals surface area contributed by atoms with Gasteiger partial charge >= 0.3 is 12.2 Å². The van der Waals surface area contributed by atoms with Crippen LogP contribution in [0.5, 0.6) is 0 Å². The number of rotatable bonds is 4. The molecule has 3 amide bonds. The maximum absolute atomic E-state index is 15.0. The molecular formula is C19H21F2N3O5. The second kappa shape index (κ2) is 6.85. The number of benzene rings is 1. The number of hydrogen-bond acceptors (Lipinski definition) is 5. The highest BCUT2D eigenvalue weighted by atomic mass is 19.1. The average molecular weight is 409 g/mol. The number of anilines is 1. The maximum Gasteiger partial charge on any atom is 0.414 e. The lowest BCUT2D eigenvalue weighted by Gasteiger charge is -2.22. The van der Waals surface area contributed by atoms with Crippen molar-refractivity contribution in [1.82, 2.24) is 10.2 Å². The Labute approximate surface area is 165 Å². The van der Waals surface area contributed by atoms with Gasteiger partial charge in [0.2, 0.25) is 5.91 Å². The van der Waals surface area contributed by atoms with Gasteiger partial charge in [-0.15, -0.1) is 0 Å². The summed E-state index contributed by atoms with van der Waals surface area (Å²) in [6, 6.07) is 2.23. The Hall–Kier alpha value is -2.91. The molecule has 29 heavy (non-hydrogen) atoms. The molecule has 0 aromatic heterocycles. The van der Waals surface area contributed by atoms with E-state index in [1.807, 2.05) is 0 Å². The van der Waals surface area contributed by atoms with Gasteiger partial charge < -0.3 is 19.7 Å². The minimum Gasteiger partial charge on any atom is -0.453 e. The summed E-state index contributed by atoms with van der Waals surface area (Å²) in [5, 5.41) is 2.54. The summed E-state index contributed by atoms with van der Waals surface area (Å²) < 4.78 is 39.8. The highest BCUT2D eigenvalue weighted by Crippen LogP contribution is 2.60. The van der Waals surface area contributed by atoms with E-state index in [4.69, 9.17) is 9.47 Å². The van der Waals surface area contributed by atoms with Crippen LogP contribution in [0.25, 0.3) is 0 Å². The molecule has 0 spiro atoms. The predicted octanol–water partition coefficient (Wildman–Crippen LogP) is 1.77. The first kappa shape index (κ1) is 19.4. The van der Waals surface area contributed by atoms with Gasteiger partial charge in [-0.05, 0) is 24.5 Å². The van der Waals surface area contributed by atoms with Crippen molar-refractivity contribution in [2.24, 2.45) is 5.92 Å². The molecule has 3 atom stereocenters. The van der Waals surface area contributed by atoms with Crippen molar-refractivity contribution in [3.8, 4) is 0 Å². The molecule has 0 radical (unpaired) electrons. The Balaban J connectivity index is 1.54. The van der Waals surface area contributed by atoms with Crippen molar-refractivity contribution in [1.29, 1.82) is 0 Å². The van der Waals surface area contributed by atoms with Crippen molar-refractivity contribution in [2.75, 3.05) is 38.2 Å². The lowest BCUT2D eigenvalue weighted by molar-refractivity contribution is -0.119. The topological polar surface area (TPSA) is 88.2 Å². The smallest absolute Gasteiger partial charge is 0.414 e. The Bertz CT molecular complexity index is 872. The molecule has 10 heteroatoms. The van der Waals surface area contributed by atoms with E-state index >= 15 is 0 Å². The van der Waals surface area contributed by atoms with Gasteiger partial charge in [-0.2, -0.15) is 0 Å². The molecule has 3 aliphatic rings. The molecule has 1 aromatic carbocycles. The van der Waals surface area contributed by atoms with Gasteiger partial charge in [-0.1, -0.05) is 0 Å². The summed E-state index contributed by atoms with van der Waals surface area (Å²) >= 11 is 0. The molecule has 156 valence electrons. The first-order chi connectivity index (χ1) is 13.7. The third-order valence-electron chi connectivity index (χ3n) is 5.87. The number of carbonyl (C=O) groups excluding carboxylic acids is 3. The minimum atomic E-state index is -0.757. The largest absolute Gasteiger partial charge is 0.453 e. The second-order valence-corrected chi connectivity index (χ2v) is 7.75. The van der Waals surface area contributed by atoms with Crippen LogP contribution in [0.4, 0.5) is 24.1 Å². The monoisotopic (exact) mass is 409 g/mol. The number of cyclic esters (lactones) is 1. The molecular weight excluding hydrogens is 388 g/mol. The third-order valence-corrected chi connectivity index (χ3v) is 5.87. The van der Waals surface area contributed by atoms with Crippen molar-refractivity contribution in [3.05, 3.63) is 29.3 Å². The van der Waals surface area contributed by atoms with Gasteiger partial charge in [0.05, 0.1) is 25.9 Å². The summed E-state index contributed by atoms with van der Waals surface area (Å²) in [6.07, 6.45) is -1.25. The van der Waals surface area contributed by atoms with E-state index < -0.39 is 35.3 Å². The molecule has 1 aliphatic carbocycles. The van der Waals surface area contributed by atoms with Crippen molar-refractivity contribution < 1.29 is 32.6 Å². The molecule has 2 heterocycles. The van der Waals surface area contributed by atoms with Crippen LogP contribution in [-0.2, 0) is 19.7 Å². The zero-order valence-corrected chi connectivity index (χ0v) is 16.0. The lowest BCUT2D eigenvalue weighted by Crippen LogP contribution is -2.33. The van der Waals surface area contributed by atoms with E-state index in [2.05, 4.69) is 5.32 Å². The number of ether oxygens (including phenoxy) is 2. The number of carbonyl (C=O) groups is 3. The molecule has 2 unspecified atom stereocenters. The Morgan fingerprint density at radius 1 is 1.31 bits per heavy atom. The van der Waals surface area contributed by atoms with E-state index in [1.54, 1.807) is 0 Å². The number of nitrogens with zero attached hydrogens (tertiary/aromatic N) is 2. The number of piperidine rings is 1. The van der Waals surface area contributed by atoms with Crippen LogP contribution in [0.2, 0.25) is 0 Å². The van der Waals surface area contributed by atoms with E-state index in [9.17, 15) is 23.2 Å². The average Bonchev–Trinajstić information content (AvgIpc) is 3.02. The number of methoxy groups -OCH3 is 1. The normalized spacial score (nSPS) is 27.5. The summed E-state index contributed by atoms with van der Waals surface area (Å²) in [4.78, 5) is 37.4. The summed E-state index contributed by atoms with van der Waals surface area (Å²) in [5.74, 6) is -1.80. The zero-order chi connectivity index (χ0) is 20.9. The number of fused-ring (bicyclic) bond motifs is 1. The number of hydrogen-bond donors (Lipinski definition) is 1. The number of nitrogens with one attached hydrogen (secondary N) is 1. The van der Waals surface area contributed by atoms with E-state index in [-0.39, 0.29) is 42.7 Å². The fourth-order valence-corrected chi connectivity index (χ4v) is 4.43. The Kier molecular flexibility index (Phi) is 4.59. The van der Waals surface area contributed by atoms with E-state index in [0.717, 1.165) is 17.0 Å². The molecule has 1 saturated carbocycles. The van der Waals surface area contributed by atoms with Gasteiger partial charge in [0, 0.05) is 31.0 Å². The van der Waals surface area contributed by atoms with Gasteiger partial charge in [0.15, 0.2) is 0 Å². The van der Waals surface area contributed by atoms with Crippen LogP contribution in [-0.4, -0.2) is 62.4 Å². The molecule has 0 bridgehead atoms. The SMILES string of the molecule is COC(=O)N1CC2CC2(c2c(F)cc(N3C[C@H](CNC(C)=O)OC3=O)cc2F)C1. The quantitative estimate of drug-likeness (QED) is 0.819. The second-order valence-electron chi connectivity index (χ2n) is 7.75. The molecule has 8 nitrogen and oxygen atoms in total. The molecule has 1 N–H and O–H groups in total. The van der Waals surface area contributed by atoms with Crippen molar-refractivity contribution in [2.45, 2.75) is 24.9 Å². The van der Waals surface area contributed by atoms with Crippen LogP contribution in [0.3, 0.4) is 0 Å².